The molecule has 2 rings (SSSR count). The van der Waals surface area contributed by atoms with E-state index in [1.807, 2.05) is 12.1 Å². The first-order chi connectivity index (χ1) is 9.72. The second-order valence-corrected chi connectivity index (χ2v) is 5.28. The average Bonchev–Trinajstić information content (AvgIpc) is 2.44. The first-order valence-electron chi connectivity index (χ1n) is 6.44. The fourth-order valence-electron chi connectivity index (χ4n) is 1.87. The van der Waals surface area contributed by atoms with Crippen LogP contribution in [-0.2, 0) is 16.0 Å². The van der Waals surface area contributed by atoms with E-state index in [4.69, 9.17) is 9.47 Å². The maximum atomic E-state index is 12.3. The molecule has 108 valence electrons. The zero-order valence-electron chi connectivity index (χ0n) is 11.3. The van der Waals surface area contributed by atoms with Crippen molar-refractivity contribution in [2.75, 3.05) is 26.9 Å². The number of hydrogen-bond acceptors (Lipinski definition) is 4. The highest BCUT2D eigenvalue weighted by molar-refractivity contribution is 9.10. The lowest BCUT2D eigenvalue weighted by molar-refractivity contribution is 0.0679. The minimum Gasteiger partial charge on any atom is -0.382 e. The van der Waals surface area contributed by atoms with Crippen LogP contribution in [0.4, 0.5) is 0 Å². The van der Waals surface area contributed by atoms with E-state index in [0.29, 0.717) is 37.3 Å². The van der Waals surface area contributed by atoms with Crippen molar-refractivity contribution >= 4 is 26.8 Å². The lowest BCUT2D eigenvalue weighted by Gasteiger charge is -2.07. The standard InChI is InChI=1S/C14H17BrN2O3/c1-19-7-8-20-6-2-5-17-10-16-13-9-11(15)3-4-12(13)14(17)18/h3-4,9-10H,2,5-8H2,1H3. The molecule has 0 amide bonds. The van der Waals surface area contributed by atoms with Gasteiger partial charge in [-0.3, -0.25) is 9.36 Å². The summed E-state index contributed by atoms with van der Waals surface area (Å²) in [6.07, 6.45) is 2.36. The van der Waals surface area contributed by atoms with Crippen molar-refractivity contribution in [2.24, 2.45) is 0 Å². The van der Waals surface area contributed by atoms with Gasteiger partial charge in [0, 0.05) is 24.7 Å². The number of fused-ring (bicyclic) bond motifs is 1. The molecule has 0 saturated heterocycles. The zero-order valence-corrected chi connectivity index (χ0v) is 12.9. The molecule has 0 aliphatic heterocycles. The summed E-state index contributed by atoms with van der Waals surface area (Å²) in [5.74, 6) is 0. The molecule has 0 aliphatic rings. The number of aromatic nitrogens is 2. The van der Waals surface area contributed by atoms with Gasteiger partial charge in [0.15, 0.2) is 0 Å². The third-order valence-electron chi connectivity index (χ3n) is 2.91. The highest BCUT2D eigenvalue weighted by Crippen LogP contribution is 2.14. The Balaban J connectivity index is 1.99. The molecular formula is C14H17BrN2O3. The summed E-state index contributed by atoms with van der Waals surface area (Å²) in [5.41, 5.74) is 0.691. The van der Waals surface area contributed by atoms with Crippen molar-refractivity contribution in [3.63, 3.8) is 0 Å². The monoisotopic (exact) mass is 340 g/mol. The first kappa shape index (κ1) is 15.2. The summed E-state index contributed by atoms with van der Waals surface area (Å²) < 4.78 is 12.8. The van der Waals surface area contributed by atoms with Crippen LogP contribution in [0, 0.1) is 0 Å². The summed E-state index contributed by atoms with van der Waals surface area (Å²) in [5, 5.41) is 0.635. The molecule has 0 atom stereocenters. The number of aryl methyl sites for hydroxylation is 1. The maximum absolute atomic E-state index is 12.3. The highest BCUT2D eigenvalue weighted by Gasteiger charge is 2.04. The van der Waals surface area contributed by atoms with E-state index < -0.39 is 0 Å². The Bertz CT molecular complexity index is 627. The SMILES string of the molecule is COCCOCCCn1cnc2cc(Br)ccc2c1=O. The molecule has 0 aliphatic carbocycles. The molecule has 0 N–H and O–H groups in total. The summed E-state index contributed by atoms with van der Waals surface area (Å²) in [7, 11) is 1.64. The second-order valence-electron chi connectivity index (χ2n) is 4.36. The zero-order chi connectivity index (χ0) is 14.4. The summed E-state index contributed by atoms with van der Waals surface area (Å²) in [4.78, 5) is 16.6. The molecule has 1 aromatic heterocycles. The van der Waals surface area contributed by atoms with Gasteiger partial charge < -0.3 is 9.47 Å². The van der Waals surface area contributed by atoms with Crippen molar-refractivity contribution in [3.8, 4) is 0 Å². The van der Waals surface area contributed by atoms with Crippen LogP contribution in [0.2, 0.25) is 0 Å². The van der Waals surface area contributed by atoms with Crippen LogP contribution in [0.3, 0.4) is 0 Å². The number of hydrogen-bond donors (Lipinski definition) is 0. The average molecular weight is 341 g/mol. The molecule has 5 nitrogen and oxygen atoms in total. The van der Waals surface area contributed by atoms with Crippen LogP contribution in [0.5, 0.6) is 0 Å². The Morgan fingerprint density at radius 1 is 1.30 bits per heavy atom. The van der Waals surface area contributed by atoms with E-state index in [1.54, 1.807) is 24.1 Å². The Morgan fingerprint density at radius 2 is 2.15 bits per heavy atom. The van der Waals surface area contributed by atoms with Gasteiger partial charge in [0.1, 0.15) is 0 Å². The molecular weight excluding hydrogens is 324 g/mol. The van der Waals surface area contributed by atoms with Crippen molar-refractivity contribution in [1.29, 1.82) is 0 Å². The maximum Gasteiger partial charge on any atom is 0.261 e. The van der Waals surface area contributed by atoms with E-state index in [1.165, 1.54) is 0 Å². The van der Waals surface area contributed by atoms with Gasteiger partial charge in [-0.05, 0) is 24.6 Å². The predicted octanol–water partition coefficient (Wildman–Crippen LogP) is 2.21. The van der Waals surface area contributed by atoms with Crippen molar-refractivity contribution in [1.82, 2.24) is 9.55 Å². The van der Waals surface area contributed by atoms with Gasteiger partial charge >= 0.3 is 0 Å². The largest absolute Gasteiger partial charge is 0.382 e. The van der Waals surface area contributed by atoms with Crippen LogP contribution in [0.15, 0.2) is 33.8 Å². The molecule has 0 bridgehead atoms. The molecule has 20 heavy (non-hydrogen) atoms. The minimum absolute atomic E-state index is 0.0145. The van der Waals surface area contributed by atoms with Crippen molar-refractivity contribution in [3.05, 3.63) is 39.4 Å². The molecule has 0 radical (unpaired) electrons. The van der Waals surface area contributed by atoms with Crippen LogP contribution >= 0.6 is 15.9 Å². The van der Waals surface area contributed by atoms with Gasteiger partial charge in [0.2, 0.25) is 0 Å². The van der Waals surface area contributed by atoms with E-state index in [2.05, 4.69) is 20.9 Å². The van der Waals surface area contributed by atoms with Crippen LogP contribution in [-0.4, -0.2) is 36.5 Å². The third kappa shape index (κ3) is 3.88. The van der Waals surface area contributed by atoms with Gasteiger partial charge in [0.05, 0.1) is 30.4 Å². The Hall–Kier alpha value is -1.24. The number of benzene rings is 1. The van der Waals surface area contributed by atoms with Crippen LogP contribution in [0.1, 0.15) is 6.42 Å². The summed E-state index contributed by atoms with van der Waals surface area (Å²) in [6.45, 7) is 2.38. The summed E-state index contributed by atoms with van der Waals surface area (Å²) >= 11 is 3.37. The molecule has 6 heteroatoms. The molecule has 0 fully saturated rings. The Morgan fingerprint density at radius 3 is 2.95 bits per heavy atom. The topological polar surface area (TPSA) is 53.4 Å². The molecule has 0 spiro atoms. The molecule has 2 aromatic rings. The molecule has 1 aromatic carbocycles. The van der Waals surface area contributed by atoms with Gasteiger partial charge in [-0.25, -0.2) is 4.98 Å². The van der Waals surface area contributed by atoms with Gasteiger partial charge in [-0.15, -0.1) is 0 Å². The first-order valence-corrected chi connectivity index (χ1v) is 7.23. The van der Waals surface area contributed by atoms with Crippen LogP contribution < -0.4 is 5.56 Å². The highest BCUT2D eigenvalue weighted by atomic mass is 79.9. The van der Waals surface area contributed by atoms with E-state index in [0.717, 1.165) is 10.9 Å². The fourth-order valence-corrected chi connectivity index (χ4v) is 2.22. The van der Waals surface area contributed by atoms with E-state index >= 15 is 0 Å². The third-order valence-corrected chi connectivity index (χ3v) is 3.40. The Labute approximate surface area is 125 Å². The summed E-state index contributed by atoms with van der Waals surface area (Å²) in [6, 6.07) is 5.49. The quantitative estimate of drug-likeness (QED) is 0.725. The van der Waals surface area contributed by atoms with Crippen LogP contribution in [0.25, 0.3) is 10.9 Å². The number of ether oxygens (including phenoxy) is 2. The lowest BCUT2D eigenvalue weighted by Crippen LogP contribution is -2.21. The Kier molecular flexibility index (Phi) is 5.70. The minimum atomic E-state index is -0.0145. The van der Waals surface area contributed by atoms with Gasteiger partial charge in [0.25, 0.3) is 5.56 Å². The molecule has 0 saturated carbocycles. The lowest BCUT2D eigenvalue weighted by atomic mass is 10.2. The fraction of sp³-hybridized carbons (Fsp3) is 0.429. The van der Waals surface area contributed by atoms with Gasteiger partial charge in [-0.2, -0.15) is 0 Å². The smallest absolute Gasteiger partial charge is 0.261 e. The normalized spacial score (nSPS) is 11.1. The number of rotatable bonds is 7. The van der Waals surface area contributed by atoms with Crippen molar-refractivity contribution < 1.29 is 9.47 Å². The number of halogens is 1. The van der Waals surface area contributed by atoms with E-state index in [9.17, 15) is 4.79 Å². The number of nitrogens with zero attached hydrogens (tertiary/aromatic N) is 2. The van der Waals surface area contributed by atoms with Gasteiger partial charge in [-0.1, -0.05) is 15.9 Å². The second kappa shape index (κ2) is 7.52. The van der Waals surface area contributed by atoms with Crippen molar-refractivity contribution in [2.45, 2.75) is 13.0 Å². The number of methoxy groups -OCH3 is 1. The molecule has 0 unspecified atom stereocenters. The molecule has 1 heterocycles. The van der Waals surface area contributed by atoms with E-state index in [-0.39, 0.29) is 5.56 Å². The predicted molar refractivity (Wildman–Crippen MR) is 81.0 cm³/mol.